The van der Waals surface area contributed by atoms with Gasteiger partial charge in [-0.1, -0.05) is 60.7 Å². The molecule has 0 unspecified atom stereocenters. The maximum absolute atomic E-state index is 14.2. The van der Waals surface area contributed by atoms with Crippen LogP contribution in [0, 0.1) is 0 Å². The predicted molar refractivity (Wildman–Crippen MR) is 173 cm³/mol. The third-order valence-electron chi connectivity index (χ3n) is 8.01. The SMILES string of the molecule is C[C@@H](O)CNC(=O)[C@@H](Cc1cccs1)N(C)C(=O)[C@@H](Cc1ccc(-c2ccccc2)cc1)N(C)C(=O)COC[C@H]1CCCN1. The molecule has 2 aromatic carbocycles. The average molecular weight is 621 g/mol. The van der Waals surface area contributed by atoms with Gasteiger partial charge in [0.15, 0.2) is 0 Å². The lowest BCUT2D eigenvalue weighted by Crippen LogP contribution is -2.56. The van der Waals surface area contributed by atoms with Crippen molar-refractivity contribution in [1.82, 2.24) is 20.4 Å². The van der Waals surface area contributed by atoms with Gasteiger partial charge in [0.2, 0.25) is 17.7 Å². The van der Waals surface area contributed by atoms with E-state index in [0.717, 1.165) is 41.0 Å². The Labute approximate surface area is 264 Å². The van der Waals surface area contributed by atoms with Gasteiger partial charge in [-0.2, -0.15) is 0 Å². The Morgan fingerprint density at radius 1 is 0.977 bits per heavy atom. The van der Waals surface area contributed by atoms with Crippen molar-refractivity contribution in [1.29, 1.82) is 0 Å². The minimum absolute atomic E-state index is 0.0740. The van der Waals surface area contributed by atoms with Crippen LogP contribution in [-0.2, 0) is 32.0 Å². The van der Waals surface area contributed by atoms with Gasteiger partial charge < -0.3 is 30.3 Å². The molecule has 3 N–H and O–H groups in total. The van der Waals surface area contributed by atoms with Gasteiger partial charge in [0.1, 0.15) is 18.7 Å². The van der Waals surface area contributed by atoms with Crippen LogP contribution in [0.4, 0.5) is 0 Å². The first-order chi connectivity index (χ1) is 21.2. The van der Waals surface area contributed by atoms with E-state index in [1.165, 1.54) is 21.1 Å². The smallest absolute Gasteiger partial charge is 0.249 e. The summed E-state index contributed by atoms with van der Waals surface area (Å²) >= 11 is 1.51. The summed E-state index contributed by atoms with van der Waals surface area (Å²) in [6.07, 6.45) is 1.96. The van der Waals surface area contributed by atoms with E-state index in [1.807, 2.05) is 72.1 Å². The molecule has 0 radical (unpaired) electrons. The number of ether oxygens (including phenoxy) is 1. The number of rotatable bonds is 15. The molecule has 1 aliphatic rings. The van der Waals surface area contributed by atoms with Gasteiger partial charge in [-0.25, -0.2) is 0 Å². The Hall–Kier alpha value is -3.57. The first kappa shape index (κ1) is 33.3. The molecule has 2 heterocycles. The fourth-order valence-electron chi connectivity index (χ4n) is 5.32. The highest BCUT2D eigenvalue weighted by molar-refractivity contribution is 7.09. The van der Waals surface area contributed by atoms with Gasteiger partial charge in [0.05, 0.1) is 12.7 Å². The minimum atomic E-state index is -0.862. The van der Waals surface area contributed by atoms with Crippen molar-refractivity contribution in [3.8, 4) is 11.1 Å². The number of amides is 3. The van der Waals surface area contributed by atoms with E-state index in [2.05, 4.69) is 10.6 Å². The summed E-state index contributed by atoms with van der Waals surface area (Å²) in [5.41, 5.74) is 3.03. The zero-order valence-corrected chi connectivity index (χ0v) is 26.6. The third-order valence-corrected chi connectivity index (χ3v) is 8.91. The summed E-state index contributed by atoms with van der Waals surface area (Å²) in [6, 6.07) is 20.4. The van der Waals surface area contributed by atoms with Crippen molar-refractivity contribution in [3.05, 3.63) is 82.6 Å². The Bertz CT molecular complexity index is 1330. The number of carbonyl (C=O) groups is 3. The second-order valence-electron chi connectivity index (χ2n) is 11.4. The molecule has 0 spiro atoms. The summed E-state index contributed by atoms with van der Waals surface area (Å²) in [5.74, 6) is -1.01. The number of hydrogen-bond donors (Lipinski definition) is 3. The zero-order valence-electron chi connectivity index (χ0n) is 25.8. The van der Waals surface area contributed by atoms with Crippen molar-refractivity contribution in [2.45, 2.75) is 56.8 Å². The van der Waals surface area contributed by atoms with Crippen LogP contribution in [0.1, 0.15) is 30.2 Å². The van der Waals surface area contributed by atoms with Gasteiger partial charge in [0, 0.05) is 44.4 Å². The normalized spacial score (nSPS) is 16.6. The van der Waals surface area contributed by atoms with Crippen molar-refractivity contribution in [3.63, 3.8) is 0 Å². The monoisotopic (exact) mass is 620 g/mol. The van der Waals surface area contributed by atoms with E-state index in [1.54, 1.807) is 21.0 Å². The highest BCUT2D eigenvalue weighted by Crippen LogP contribution is 2.22. The number of nitrogens with zero attached hydrogens (tertiary/aromatic N) is 2. The van der Waals surface area contributed by atoms with Crippen LogP contribution in [-0.4, -0.2) is 97.3 Å². The number of carbonyl (C=O) groups excluding carboxylic acids is 3. The van der Waals surface area contributed by atoms with Crippen molar-refractivity contribution >= 4 is 29.1 Å². The highest BCUT2D eigenvalue weighted by atomic mass is 32.1. The molecule has 4 atom stereocenters. The molecular weight excluding hydrogens is 576 g/mol. The number of aliphatic hydroxyl groups excluding tert-OH is 1. The fraction of sp³-hybridized carbons (Fsp3) is 0.441. The zero-order chi connectivity index (χ0) is 31.5. The van der Waals surface area contributed by atoms with Gasteiger partial charge in [-0.05, 0) is 54.4 Å². The van der Waals surface area contributed by atoms with Crippen LogP contribution in [0.3, 0.4) is 0 Å². The topological polar surface area (TPSA) is 111 Å². The van der Waals surface area contributed by atoms with Gasteiger partial charge in [-0.15, -0.1) is 11.3 Å². The summed E-state index contributed by atoms with van der Waals surface area (Å²) in [4.78, 5) is 44.8. The maximum Gasteiger partial charge on any atom is 0.249 e. The lowest BCUT2D eigenvalue weighted by molar-refractivity contribution is -0.149. The Balaban J connectivity index is 1.54. The predicted octanol–water partition coefficient (Wildman–Crippen LogP) is 3.12. The lowest BCUT2D eigenvalue weighted by atomic mass is 9.98. The fourth-order valence-corrected chi connectivity index (χ4v) is 6.06. The molecule has 0 bridgehead atoms. The number of hydrogen-bond acceptors (Lipinski definition) is 7. The molecule has 1 aromatic heterocycles. The molecule has 44 heavy (non-hydrogen) atoms. The second-order valence-corrected chi connectivity index (χ2v) is 12.5. The van der Waals surface area contributed by atoms with Crippen LogP contribution >= 0.6 is 11.3 Å². The third kappa shape index (κ3) is 9.46. The van der Waals surface area contributed by atoms with Crippen molar-refractivity contribution < 1.29 is 24.2 Å². The largest absolute Gasteiger partial charge is 0.392 e. The number of aliphatic hydroxyl groups is 1. The molecular formula is C34H44N4O5S. The van der Waals surface area contributed by atoms with Crippen LogP contribution < -0.4 is 10.6 Å². The molecule has 3 aromatic rings. The summed E-state index contributed by atoms with van der Waals surface area (Å²) in [5, 5.41) is 17.8. The Morgan fingerprint density at radius 3 is 2.34 bits per heavy atom. The Morgan fingerprint density at radius 2 is 1.70 bits per heavy atom. The molecule has 1 saturated heterocycles. The highest BCUT2D eigenvalue weighted by Gasteiger charge is 2.35. The standard InChI is InChI=1S/C34H44N4O5S/c1-24(39)21-36-33(41)30(20-29-12-8-18-44-29)38(3)34(42)31(37(2)32(40)23-43-22-28-11-7-17-35-28)19-25-13-15-27(16-14-25)26-9-5-4-6-10-26/h4-6,8-10,12-16,18,24,28,30-31,35,39H,7,11,17,19-23H2,1-3H3,(H,36,41)/t24-,28-,30-,31-/m1/s1. The van der Waals surface area contributed by atoms with Gasteiger partial charge >= 0.3 is 0 Å². The maximum atomic E-state index is 14.2. The molecule has 9 nitrogen and oxygen atoms in total. The quantitative estimate of drug-likeness (QED) is 0.241. The second kappa shape index (κ2) is 16.5. The van der Waals surface area contributed by atoms with Crippen molar-refractivity contribution in [2.24, 2.45) is 0 Å². The van der Waals surface area contributed by atoms with Gasteiger partial charge in [0.25, 0.3) is 0 Å². The molecule has 3 amide bonds. The van der Waals surface area contributed by atoms with E-state index in [4.69, 9.17) is 4.74 Å². The van der Waals surface area contributed by atoms with E-state index in [0.29, 0.717) is 13.0 Å². The molecule has 4 rings (SSSR count). The van der Waals surface area contributed by atoms with Crippen LogP contribution in [0.25, 0.3) is 11.1 Å². The number of nitrogens with one attached hydrogen (secondary N) is 2. The summed E-state index contributed by atoms with van der Waals surface area (Å²) < 4.78 is 5.75. The first-order valence-electron chi connectivity index (χ1n) is 15.2. The Kier molecular flexibility index (Phi) is 12.5. The molecule has 1 fully saturated rings. The number of likely N-dealkylation sites (N-methyl/N-ethyl adjacent to an activating group) is 2. The van der Waals surface area contributed by atoms with Crippen LogP contribution in [0.2, 0.25) is 0 Å². The summed E-state index contributed by atoms with van der Waals surface area (Å²) in [6.45, 7) is 2.91. The molecule has 0 aliphatic carbocycles. The van der Waals surface area contributed by atoms with Crippen LogP contribution in [0.5, 0.6) is 0 Å². The number of benzene rings is 2. The van der Waals surface area contributed by atoms with Crippen molar-refractivity contribution in [2.75, 3.05) is 40.4 Å². The minimum Gasteiger partial charge on any atom is -0.392 e. The number of thiophene rings is 1. The molecule has 1 aliphatic heterocycles. The molecule has 236 valence electrons. The van der Waals surface area contributed by atoms with Gasteiger partial charge in [-0.3, -0.25) is 14.4 Å². The van der Waals surface area contributed by atoms with Crippen LogP contribution in [0.15, 0.2) is 72.1 Å². The van der Waals surface area contributed by atoms with E-state index >= 15 is 0 Å². The lowest BCUT2D eigenvalue weighted by Gasteiger charge is -2.34. The van der Waals surface area contributed by atoms with E-state index in [-0.39, 0.29) is 43.3 Å². The molecule has 10 heteroatoms. The van der Waals surface area contributed by atoms with E-state index < -0.39 is 18.2 Å². The average Bonchev–Trinajstić information content (AvgIpc) is 3.76. The van der Waals surface area contributed by atoms with E-state index in [9.17, 15) is 19.5 Å². The summed E-state index contributed by atoms with van der Waals surface area (Å²) in [7, 11) is 3.23. The first-order valence-corrected chi connectivity index (χ1v) is 16.1. The molecule has 0 saturated carbocycles.